The van der Waals surface area contributed by atoms with E-state index in [1.165, 1.54) is 36.2 Å². The van der Waals surface area contributed by atoms with Gasteiger partial charge in [-0.1, -0.05) is 6.92 Å². The van der Waals surface area contributed by atoms with Gasteiger partial charge in [0, 0.05) is 19.3 Å². The second kappa shape index (κ2) is 6.36. The number of benzene rings is 1. The van der Waals surface area contributed by atoms with E-state index in [9.17, 15) is 14.0 Å². The van der Waals surface area contributed by atoms with Crippen LogP contribution >= 0.6 is 0 Å². The summed E-state index contributed by atoms with van der Waals surface area (Å²) in [6.45, 7) is 3.36. The number of hydrogen-bond acceptors (Lipinski definition) is 2. The first-order valence-electron chi connectivity index (χ1n) is 6.30. The number of amides is 2. The van der Waals surface area contributed by atoms with Gasteiger partial charge >= 0.3 is 12.0 Å². The van der Waals surface area contributed by atoms with Gasteiger partial charge in [-0.25, -0.2) is 9.18 Å². The van der Waals surface area contributed by atoms with Crippen molar-refractivity contribution in [3.8, 4) is 0 Å². The monoisotopic (exact) mass is 282 g/mol. The van der Waals surface area contributed by atoms with Crippen LogP contribution in [0.1, 0.15) is 20.3 Å². The van der Waals surface area contributed by atoms with Crippen LogP contribution in [0.25, 0.3) is 0 Å². The van der Waals surface area contributed by atoms with Gasteiger partial charge < -0.3 is 10.4 Å². The van der Waals surface area contributed by atoms with Gasteiger partial charge in [0.25, 0.3) is 0 Å². The first-order valence-corrected chi connectivity index (χ1v) is 6.30. The van der Waals surface area contributed by atoms with Gasteiger partial charge in [-0.15, -0.1) is 0 Å². The number of halogens is 1. The summed E-state index contributed by atoms with van der Waals surface area (Å²) in [5.74, 6) is -1.34. The molecule has 1 rings (SSSR count). The molecule has 1 atom stereocenters. The third kappa shape index (κ3) is 3.69. The number of carbonyl (C=O) groups excluding carboxylic acids is 1. The van der Waals surface area contributed by atoms with Crippen molar-refractivity contribution in [3.05, 3.63) is 30.1 Å². The highest BCUT2D eigenvalue weighted by Gasteiger charge is 2.31. The SMILES string of the molecule is CCC(C)(CNC(=O)N(C)c1ccc(F)cc1)C(=O)O. The Bertz CT molecular complexity index is 490. The topological polar surface area (TPSA) is 69.6 Å². The fourth-order valence-corrected chi connectivity index (χ4v) is 1.52. The number of carbonyl (C=O) groups is 2. The van der Waals surface area contributed by atoms with Crippen molar-refractivity contribution in [3.63, 3.8) is 0 Å². The maximum atomic E-state index is 12.8. The van der Waals surface area contributed by atoms with Crippen LogP contribution in [0.3, 0.4) is 0 Å². The number of anilines is 1. The summed E-state index contributed by atoms with van der Waals surface area (Å²) in [5.41, 5.74) is -0.475. The Morgan fingerprint density at radius 3 is 2.35 bits per heavy atom. The lowest BCUT2D eigenvalue weighted by atomic mass is 9.88. The van der Waals surface area contributed by atoms with Crippen LogP contribution in [0.15, 0.2) is 24.3 Å². The highest BCUT2D eigenvalue weighted by atomic mass is 19.1. The van der Waals surface area contributed by atoms with Gasteiger partial charge in [-0.3, -0.25) is 9.69 Å². The third-order valence-corrected chi connectivity index (χ3v) is 3.44. The number of hydrogen-bond donors (Lipinski definition) is 2. The Kier molecular flexibility index (Phi) is 5.07. The molecule has 0 saturated carbocycles. The van der Waals surface area contributed by atoms with Gasteiger partial charge in [0.05, 0.1) is 5.41 Å². The molecule has 6 heteroatoms. The molecule has 110 valence electrons. The number of aliphatic carboxylic acids is 1. The van der Waals surface area contributed by atoms with E-state index < -0.39 is 17.4 Å². The van der Waals surface area contributed by atoms with Crippen molar-refractivity contribution in [2.45, 2.75) is 20.3 Å². The van der Waals surface area contributed by atoms with Crippen molar-refractivity contribution < 1.29 is 19.1 Å². The fraction of sp³-hybridized carbons (Fsp3) is 0.429. The van der Waals surface area contributed by atoms with Crippen molar-refractivity contribution in [2.24, 2.45) is 5.41 Å². The van der Waals surface area contributed by atoms with E-state index in [4.69, 9.17) is 5.11 Å². The minimum Gasteiger partial charge on any atom is -0.481 e. The zero-order chi connectivity index (χ0) is 15.3. The second-order valence-electron chi connectivity index (χ2n) is 4.91. The first-order chi connectivity index (χ1) is 9.30. The van der Waals surface area contributed by atoms with Crippen LogP contribution in [0, 0.1) is 11.2 Å². The average molecular weight is 282 g/mol. The minimum atomic E-state index is -1.00. The number of carboxylic acids is 1. The highest BCUT2D eigenvalue weighted by molar-refractivity contribution is 5.91. The number of urea groups is 1. The molecule has 0 bridgehead atoms. The molecule has 0 aliphatic carbocycles. The lowest BCUT2D eigenvalue weighted by molar-refractivity contribution is -0.147. The molecule has 5 nitrogen and oxygen atoms in total. The second-order valence-corrected chi connectivity index (χ2v) is 4.91. The quantitative estimate of drug-likeness (QED) is 0.871. The molecule has 0 radical (unpaired) electrons. The number of nitrogens with one attached hydrogen (secondary N) is 1. The summed E-state index contributed by atoms with van der Waals surface area (Å²) in [7, 11) is 1.53. The molecule has 2 amide bonds. The molecule has 0 saturated heterocycles. The Balaban J connectivity index is 2.67. The van der Waals surface area contributed by atoms with Crippen molar-refractivity contribution in [1.29, 1.82) is 0 Å². The van der Waals surface area contributed by atoms with E-state index in [1.54, 1.807) is 13.8 Å². The van der Waals surface area contributed by atoms with Crippen LogP contribution in [-0.2, 0) is 4.79 Å². The summed E-state index contributed by atoms with van der Waals surface area (Å²) in [6.07, 6.45) is 0.406. The maximum absolute atomic E-state index is 12.8. The molecule has 1 aromatic carbocycles. The molecule has 1 unspecified atom stereocenters. The molecule has 0 fully saturated rings. The molecular formula is C14H19FN2O3. The first kappa shape index (κ1) is 15.9. The normalized spacial score (nSPS) is 13.4. The van der Waals surface area contributed by atoms with E-state index in [0.717, 1.165) is 0 Å². The van der Waals surface area contributed by atoms with Gasteiger partial charge in [0.2, 0.25) is 0 Å². The number of carboxylic acid groups (broad SMARTS) is 1. The zero-order valence-electron chi connectivity index (χ0n) is 11.8. The predicted molar refractivity (Wildman–Crippen MR) is 74.2 cm³/mol. The number of rotatable bonds is 5. The fourth-order valence-electron chi connectivity index (χ4n) is 1.52. The molecule has 0 aliphatic rings. The van der Waals surface area contributed by atoms with E-state index in [0.29, 0.717) is 12.1 Å². The largest absolute Gasteiger partial charge is 0.481 e. The summed E-state index contributed by atoms with van der Waals surface area (Å²) in [5, 5.41) is 11.7. The van der Waals surface area contributed by atoms with Gasteiger partial charge in [0.15, 0.2) is 0 Å². The minimum absolute atomic E-state index is 0.0310. The Morgan fingerprint density at radius 1 is 1.35 bits per heavy atom. The smallest absolute Gasteiger partial charge is 0.321 e. The van der Waals surface area contributed by atoms with Crippen LogP contribution in [0.4, 0.5) is 14.9 Å². The van der Waals surface area contributed by atoms with Crippen molar-refractivity contribution >= 4 is 17.7 Å². The standard InChI is InChI=1S/C14H19FN2O3/c1-4-14(2,12(18)19)9-16-13(20)17(3)11-7-5-10(15)6-8-11/h5-8H,4,9H2,1-3H3,(H,16,20)(H,18,19). The number of nitrogens with zero attached hydrogens (tertiary/aromatic N) is 1. The third-order valence-electron chi connectivity index (χ3n) is 3.44. The molecule has 0 spiro atoms. The van der Waals surface area contributed by atoms with E-state index in [-0.39, 0.29) is 12.4 Å². The molecular weight excluding hydrogens is 263 g/mol. The molecule has 0 aromatic heterocycles. The van der Waals surface area contributed by atoms with Crippen molar-refractivity contribution in [1.82, 2.24) is 5.32 Å². The van der Waals surface area contributed by atoms with Gasteiger partial charge in [-0.05, 0) is 37.6 Å². The molecule has 1 aromatic rings. The Morgan fingerprint density at radius 2 is 1.90 bits per heavy atom. The molecule has 20 heavy (non-hydrogen) atoms. The maximum Gasteiger partial charge on any atom is 0.321 e. The summed E-state index contributed by atoms with van der Waals surface area (Å²) >= 11 is 0. The lowest BCUT2D eigenvalue weighted by Gasteiger charge is -2.25. The zero-order valence-corrected chi connectivity index (χ0v) is 11.8. The molecule has 0 aliphatic heterocycles. The predicted octanol–water partition coefficient (Wildman–Crippen LogP) is 2.47. The van der Waals surface area contributed by atoms with Crippen LogP contribution < -0.4 is 10.2 Å². The highest BCUT2D eigenvalue weighted by Crippen LogP contribution is 2.20. The van der Waals surface area contributed by atoms with Crippen LogP contribution in [-0.4, -0.2) is 30.7 Å². The Labute approximate surface area is 117 Å². The molecule has 0 heterocycles. The Hall–Kier alpha value is -2.11. The summed E-state index contributed by atoms with van der Waals surface area (Å²) in [6, 6.07) is 5.03. The van der Waals surface area contributed by atoms with E-state index >= 15 is 0 Å². The van der Waals surface area contributed by atoms with Crippen LogP contribution in [0.2, 0.25) is 0 Å². The van der Waals surface area contributed by atoms with E-state index in [2.05, 4.69) is 5.32 Å². The van der Waals surface area contributed by atoms with E-state index in [1.807, 2.05) is 0 Å². The lowest BCUT2D eigenvalue weighted by Crippen LogP contribution is -2.45. The van der Waals surface area contributed by atoms with Gasteiger partial charge in [-0.2, -0.15) is 0 Å². The summed E-state index contributed by atoms with van der Waals surface area (Å²) in [4.78, 5) is 24.4. The molecule has 2 N–H and O–H groups in total. The van der Waals surface area contributed by atoms with Crippen LogP contribution in [0.5, 0.6) is 0 Å². The van der Waals surface area contributed by atoms with Gasteiger partial charge in [0.1, 0.15) is 5.82 Å². The summed E-state index contributed by atoms with van der Waals surface area (Å²) < 4.78 is 12.8. The van der Waals surface area contributed by atoms with Crippen molar-refractivity contribution in [2.75, 3.05) is 18.5 Å². The average Bonchev–Trinajstić information content (AvgIpc) is 2.44.